The molecule has 2 N–H and O–H groups in total. The maximum Gasteiger partial charge on any atom is 0.254 e. The van der Waals surface area contributed by atoms with Gasteiger partial charge >= 0.3 is 0 Å². The van der Waals surface area contributed by atoms with Crippen LogP contribution in [-0.4, -0.2) is 24.2 Å². The van der Waals surface area contributed by atoms with Gasteiger partial charge in [0.2, 0.25) is 0 Å². The minimum absolute atomic E-state index is 0.154. The van der Waals surface area contributed by atoms with Crippen LogP contribution in [0.25, 0.3) is 0 Å². The monoisotopic (exact) mass is 201 g/mol. The second-order valence-electron chi connectivity index (χ2n) is 2.61. The maximum absolute atomic E-state index is 13.0. The van der Waals surface area contributed by atoms with Crippen molar-refractivity contribution < 1.29 is 18.7 Å². The number of halogens is 2. The lowest BCUT2D eigenvalue weighted by molar-refractivity contribution is 0.0947. The van der Waals surface area contributed by atoms with Crippen LogP contribution in [0.5, 0.6) is 5.75 Å². The number of nitrogens with one attached hydrogen (secondary N) is 1. The fourth-order valence-electron chi connectivity index (χ4n) is 0.944. The minimum atomic E-state index is -0.832. The molecule has 0 aliphatic heterocycles. The average molecular weight is 201 g/mol. The SMILES string of the molecule is O=C(NCCF)c1ccc(O)cc1F. The van der Waals surface area contributed by atoms with E-state index in [1.807, 2.05) is 0 Å². The van der Waals surface area contributed by atoms with Gasteiger partial charge in [0, 0.05) is 12.6 Å². The Morgan fingerprint density at radius 1 is 1.50 bits per heavy atom. The van der Waals surface area contributed by atoms with Gasteiger partial charge < -0.3 is 10.4 Å². The first-order valence-corrected chi connectivity index (χ1v) is 3.98. The van der Waals surface area contributed by atoms with Crippen molar-refractivity contribution in [2.45, 2.75) is 0 Å². The number of alkyl halides is 1. The number of hydrogen-bond donors (Lipinski definition) is 2. The smallest absolute Gasteiger partial charge is 0.254 e. The molecule has 0 bridgehead atoms. The van der Waals surface area contributed by atoms with E-state index in [4.69, 9.17) is 5.11 Å². The van der Waals surface area contributed by atoms with Crippen LogP contribution in [0, 0.1) is 5.82 Å². The molecule has 5 heteroatoms. The summed E-state index contributed by atoms with van der Waals surface area (Å²) in [6.07, 6.45) is 0. The van der Waals surface area contributed by atoms with Gasteiger partial charge in [-0.3, -0.25) is 4.79 Å². The van der Waals surface area contributed by atoms with Crippen LogP contribution in [0.4, 0.5) is 8.78 Å². The zero-order chi connectivity index (χ0) is 10.6. The third-order valence-corrected chi connectivity index (χ3v) is 1.58. The summed E-state index contributed by atoms with van der Waals surface area (Å²) in [5.41, 5.74) is -0.212. The molecule has 0 aromatic heterocycles. The van der Waals surface area contributed by atoms with Gasteiger partial charge in [0.1, 0.15) is 18.2 Å². The molecular weight excluding hydrogens is 192 g/mol. The molecule has 0 spiro atoms. The predicted octanol–water partition coefficient (Wildman–Crippen LogP) is 1.23. The number of phenols is 1. The molecule has 0 heterocycles. The first kappa shape index (κ1) is 10.4. The average Bonchev–Trinajstić information content (AvgIpc) is 2.14. The first-order valence-electron chi connectivity index (χ1n) is 3.98. The largest absolute Gasteiger partial charge is 0.508 e. The van der Waals surface area contributed by atoms with Crippen LogP contribution < -0.4 is 5.32 Å². The Morgan fingerprint density at radius 2 is 2.21 bits per heavy atom. The quantitative estimate of drug-likeness (QED) is 0.772. The fourth-order valence-corrected chi connectivity index (χ4v) is 0.944. The topological polar surface area (TPSA) is 49.3 Å². The third-order valence-electron chi connectivity index (χ3n) is 1.58. The highest BCUT2D eigenvalue weighted by molar-refractivity contribution is 5.94. The number of phenolic OH excluding ortho intramolecular Hbond substituents is 1. The summed E-state index contributed by atoms with van der Waals surface area (Å²) in [7, 11) is 0. The van der Waals surface area contributed by atoms with Crippen LogP contribution in [-0.2, 0) is 0 Å². The number of aromatic hydroxyl groups is 1. The molecule has 1 aromatic carbocycles. The highest BCUT2D eigenvalue weighted by atomic mass is 19.1. The van der Waals surface area contributed by atoms with E-state index in [0.717, 1.165) is 12.1 Å². The molecule has 0 radical (unpaired) electrons. The first-order chi connectivity index (χ1) is 6.65. The van der Waals surface area contributed by atoms with Gasteiger partial charge in [-0.1, -0.05) is 0 Å². The van der Waals surface area contributed by atoms with E-state index in [0.29, 0.717) is 0 Å². The molecule has 14 heavy (non-hydrogen) atoms. The number of carbonyl (C=O) groups is 1. The van der Waals surface area contributed by atoms with Gasteiger partial charge in [0.15, 0.2) is 0 Å². The molecule has 0 fully saturated rings. The zero-order valence-electron chi connectivity index (χ0n) is 7.26. The standard InChI is InChI=1S/C9H9F2NO2/c10-3-4-12-9(14)7-2-1-6(13)5-8(7)11/h1-2,5,13H,3-4H2,(H,12,14). The van der Waals surface area contributed by atoms with Gasteiger partial charge in [-0.25, -0.2) is 8.78 Å². The molecule has 0 saturated carbocycles. The number of amides is 1. The molecule has 0 unspecified atom stereocenters. The van der Waals surface area contributed by atoms with Crippen molar-refractivity contribution in [2.75, 3.05) is 13.2 Å². The Labute approximate surface area is 79.4 Å². The van der Waals surface area contributed by atoms with Crippen molar-refractivity contribution >= 4 is 5.91 Å². The van der Waals surface area contributed by atoms with Crippen LogP contribution in [0.1, 0.15) is 10.4 Å². The summed E-state index contributed by atoms with van der Waals surface area (Å²) in [4.78, 5) is 11.1. The minimum Gasteiger partial charge on any atom is -0.508 e. The van der Waals surface area contributed by atoms with E-state index in [-0.39, 0.29) is 17.9 Å². The van der Waals surface area contributed by atoms with Crippen molar-refractivity contribution in [3.8, 4) is 5.75 Å². The number of benzene rings is 1. The zero-order valence-corrected chi connectivity index (χ0v) is 7.26. The van der Waals surface area contributed by atoms with E-state index in [1.54, 1.807) is 0 Å². The predicted molar refractivity (Wildman–Crippen MR) is 46.4 cm³/mol. The van der Waals surface area contributed by atoms with Gasteiger partial charge in [-0.05, 0) is 12.1 Å². The van der Waals surface area contributed by atoms with Crippen molar-refractivity contribution in [1.82, 2.24) is 5.32 Å². The van der Waals surface area contributed by atoms with Crippen molar-refractivity contribution in [2.24, 2.45) is 0 Å². The Balaban J connectivity index is 2.80. The maximum atomic E-state index is 13.0. The Bertz CT molecular complexity index is 342. The molecule has 0 aliphatic rings. The number of rotatable bonds is 3. The summed E-state index contributed by atoms with van der Waals surface area (Å²) >= 11 is 0. The highest BCUT2D eigenvalue weighted by Gasteiger charge is 2.10. The van der Waals surface area contributed by atoms with Crippen molar-refractivity contribution in [3.63, 3.8) is 0 Å². The van der Waals surface area contributed by atoms with E-state index in [2.05, 4.69) is 5.32 Å². The Hall–Kier alpha value is -1.65. The number of hydrogen-bond acceptors (Lipinski definition) is 2. The molecule has 1 aromatic rings. The highest BCUT2D eigenvalue weighted by Crippen LogP contribution is 2.14. The van der Waals surface area contributed by atoms with E-state index in [9.17, 15) is 13.6 Å². The molecule has 3 nitrogen and oxygen atoms in total. The van der Waals surface area contributed by atoms with Gasteiger partial charge in [-0.15, -0.1) is 0 Å². The molecule has 0 saturated heterocycles. The summed E-state index contributed by atoms with van der Waals surface area (Å²) < 4.78 is 24.7. The lowest BCUT2D eigenvalue weighted by Crippen LogP contribution is -2.26. The van der Waals surface area contributed by atoms with Crippen LogP contribution in [0.2, 0.25) is 0 Å². The normalized spacial score (nSPS) is 9.86. The molecular formula is C9H9F2NO2. The summed E-state index contributed by atoms with van der Waals surface area (Å²) in [6.45, 7) is -0.857. The lowest BCUT2D eigenvalue weighted by atomic mass is 10.2. The summed E-state index contributed by atoms with van der Waals surface area (Å²) in [6, 6.07) is 3.15. The molecule has 1 rings (SSSR count). The molecule has 76 valence electrons. The third kappa shape index (κ3) is 2.42. The lowest BCUT2D eigenvalue weighted by Gasteiger charge is -2.03. The molecule has 0 atom stereocenters. The Morgan fingerprint density at radius 3 is 2.79 bits per heavy atom. The van der Waals surface area contributed by atoms with Crippen LogP contribution >= 0.6 is 0 Å². The number of carbonyl (C=O) groups excluding carboxylic acids is 1. The van der Waals surface area contributed by atoms with Crippen LogP contribution in [0.3, 0.4) is 0 Å². The summed E-state index contributed by atoms with van der Waals surface area (Å²) in [5.74, 6) is -1.79. The van der Waals surface area contributed by atoms with Gasteiger partial charge in [0.25, 0.3) is 5.91 Å². The molecule has 1 amide bonds. The van der Waals surface area contributed by atoms with E-state index < -0.39 is 18.4 Å². The van der Waals surface area contributed by atoms with Crippen molar-refractivity contribution in [3.05, 3.63) is 29.6 Å². The fraction of sp³-hybridized carbons (Fsp3) is 0.222. The van der Waals surface area contributed by atoms with Crippen molar-refractivity contribution in [1.29, 1.82) is 0 Å². The van der Waals surface area contributed by atoms with Gasteiger partial charge in [0.05, 0.1) is 5.56 Å². The van der Waals surface area contributed by atoms with E-state index in [1.165, 1.54) is 6.07 Å². The van der Waals surface area contributed by atoms with Crippen LogP contribution in [0.15, 0.2) is 18.2 Å². The Kier molecular flexibility index (Phi) is 3.39. The summed E-state index contributed by atoms with van der Waals surface area (Å²) in [5, 5.41) is 11.0. The van der Waals surface area contributed by atoms with Gasteiger partial charge in [-0.2, -0.15) is 0 Å². The molecule has 0 aliphatic carbocycles. The second-order valence-corrected chi connectivity index (χ2v) is 2.61. The second kappa shape index (κ2) is 4.55. The van der Waals surface area contributed by atoms with E-state index >= 15 is 0 Å².